The lowest BCUT2D eigenvalue weighted by Gasteiger charge is -2.50. The Kier molecular flexibility index (Phi) is 6.66. The van der Waals surface area contributed by atoms with Crippen LogP contribution >= 0.6 is 11.6 Å². The first-order chi connectivity index (χ1) is 21.2. The van der Waals surface area contributed by atoms with Crippen LogP contribution in [0.1, 0.15) is 36.8 Å². The van der Waals surface area contributed by atoms with Gasteiger partial charge in [0.15, 0.2) is 11.5 Å². The van der Waals surface area contributed by atoms with Gasteiger partial charge in [0.25, 0.3) is 0 Å². The maximum atomic E-state index is 15.1. The zero-order valence-electron chi connectivity index (χ0n) is 24.3. The molecule has 1 N–H and O–H groups in total. The molecule has 8 nitrogen and oxygen atoms in total. The molecule has 0 bridgehead atoms. The molecule has 2 saturated heterocycles. The largest absolute Gasteiger partial charge is 0.504 e. The molecule has 44 heavy (non-hydrogen) atoms. The number of amides is 4. The maximum absolute atomic E-state index is 15.1. The third kappa shape index (κ3) is 3.83. The molecule has 0 unspecified atom stereocenters. The van der Waals surface area contributed by atoms with Crippen LogP contribution in [0.25, 0.3) is 0 Å². The number of aromatic hydroxyl groups is 1. The molecule has 2 heterocycles. The minimum Gasteiger partial charge on any atom is -0.504 e. The number of hydrogen-bond acceptors (Lipinski definition) is 6. The molecule has 0 aromatic heterocycles. The summed E-state index contributed by atoms with van der Waals surface area (Å²) in [5, 5.41) is 11.0. The number of carbonyl (C=O) groups excluding carboxylic acids is 4. The van der Waals surface area contributed by atoms with Gasteiger partial charge in [-0.1, -0.05) is 65.7 Å². The van der Waals surface area contributed by atoms with E-state index >= 15 is 4.79 Å². The van der Waals surface area contributed by atoms with Crippen molar-refractivity contribution in [3.63, 3.8) is 0 Å². The Morgan fingerprint density at radius 2 is 1.70 bits per heavy atom. The Bertz CT molecular complexity index is 1750. The molecular weight excluding hydrogens is 580 g/mol. The monoisotopic (exact) mass is 610 g/mol. The SMILES string of the molecule is CCOc1cc([C@H]2C3=CC[C@@H]4C(=O)N(C)C(=O)[C@@H]4[C@@H]3C[C@H]3C(=O)N(c4cccc(Cl)c4)C(=O)[C@@]23c2ccccc2)ccc1O. The number of phenolic OH excluding ortho intramolecular Hbond substituents is 1. The molecule has 7 rings (SSSR count). The normalized spacial score (nSPS) is 29.3. The Balaban J connectivity index is 1.52. The standard InChI is InChI=1S/C35H31ClN2O6/c1-3-44-28-16-19(12-15-27(28)39)30-23-13-14-24-29(33(42)37(2)31(24)40)25(23)18-26-32(41)38(22-11-7-10-21(36)17-22)34(43)35(26,30)20-8-5-4-6-9-20/h4-13,15-17,24-26,29-30,39H,3,14,18H2,1-2H3/t24-,25+,26-,29-,30-,35+/m0/s1. The van der Waals surface area contributed by atoms with Gasteiger partial charge in [-0.05, 0) is 67.1 Å². The summed E-state index contributed by atoms with van der Waals surface area (Å²) in [5.74, 6) is -4.14. The van der Waals surface area contributed by atoms with E-state index in [9.17, 15) is 19.5 Å². The molecule has 3 aromatic rings. The quantitative estimate of drug-likeness (QED) is 0.313. The molecule has 1 saturated carbocycles. The summed E-state index contributed by atoms with van der Waals surface area (Å²) in [7, 11) is 1.51. The van der Waals surface area contributed by atoms with Crippen LogP contribution in [0.15, 0.2) is 84.4 Å². The predicted molar refractivity (Wildman–Crippen MR) is 163 cm³/mol. The zero-order valence-corrected chi connectivity index (χ0v) is 25.0. The fraction of sp³-hybridized carbons (Fsp3) is 0.314. The number of ether oxygens (including phenoxy) is 1. The summed E-state index contributed by atoms with van der Waals surface area (Å²) in [6.07, 6.45) is 2.59. The second-order valence-electron chi connectivity index (χ2n) is 12.0. The molecular formula is C35H31ClN2O6. The molecule has 2 aliphatic carbocycles. The number of benzene rings is 3. The number of allylic oxidation sites excluding steroid dienone is 2. The maximum Gasteiger partial charge on any atom is 0.246 e. The summed E-state index contributed by atoms with van der Waals surface area (Å²) in [5.41, 5.74) is 1.20. The van der Waals surface area contributed by atoms with Gasteiger partial charge in [0.2, 0.25) is 23.6 Å². The van der Waals surface area contributed by atoms with Crippen molar-refractivity contribution >= 4 is 40.9 Å². The number of phenols is 1. The van der Waals surface area contributed by atoms with Crippen molar-refractivity contribution in [3.8, 4) is 11.5 Å². The molecule has 3 fully saturated rings. The van der Waals surface area contributed by atoms with Gasteiger partial charge >= 0.3 is 0 Å². The van der Waals surface area contributed by atoms with E-state index in [0.29, 0.717) is 34.9 Å². The highest BCUT2D eigenvalue weighted by Crippen LogP contribution is 2.64. The van der Waals surface area contributed by atoms with Crippen LogP contribution in [0.5, 0.6) is 11.5 Å². The van der Waals surface area contributed by atoms with E-state index in [1.165, 1.54) is 22.9 Å². The second-order valence-corrected chi connectivity index (χ2v) is 12.4. The smallest absolute Gasteiger partial charge is 0.246 e. The first-order valence-corrected chi connectivity index (χ1v) is 15.2. The third-order valence-electron chi connectivity index (χ3n) is 10.0. The van der Waals surface area contributed by atoms with E-state index in [4.69, 9.17) is 16.3 Å². The number of anilines is 1. The minimum absolute atomic E-state index is 0.0430. The number of fused-ring (bicyclic) bond motifs is 4. The Hall–Kier alpha value is -4.43. The molecule has 4 amide bonds. The Morgan fingerprint density at radius 3 is 2.43 bits per heavy atom. The molecule has 224 valence electrons. The highest BCUT2D eigenvalue weighted by Gasteiger charge is 2.70. The lowest BCUT2D eigenvalue weighted by atomic mass is 9.49. The van der Waals surface area contributed by atoms with E-state index in [1.807, 2.05) is 43.3 Å². The molecule has 2 aliphatic heterocycles. The number of halogens is 1. The summed E-state index contributed by atoms with van der Waals surface area (Å²) in [6, 6.07) is 21.0. The van der Waals surface area contributed by atoms with Crippen molar-refractivity contribution in [2.24, 2.45) is 23.7 Å². The molecule has 4 aliphatic rings. The highest BCUT2D eigenvalue weighted by molar-refractivity contribution is 6.32. The van der Waals surface area contributed by atoms with Crippen LogP contribution in [-0.2, 0) is 24.6 Å². The van der Waals surface area contributed by atoms with Crippen molar-refractivity contribution < 1.29 is 29.0 Å². The van der Waals surface area contributed by atoms with Crippen LogP contribution in [0.4, 0.5) is 5.69 Å². The van der Waals surface area contributed by atoms with E-state index in [1.54, 1.807) is 36.4 Å². The van der Waals surface area contributed by atoms with E-state index in [2.05, 4.69) is 0 Å². The Labute approximate surface area is 259 Å². The topological polar surface area (TPSA) is 104 Å². The van der Waals surface area contributed by atoms with E-state index in [-0.39, 0.29) is 41.5 Å². The van der Waals surface area contributed by atoms with Gasteiger partial charge in [0, 0.05) is 18.0 Å². The number of likely N-dealkylation sites (tertiary alicyclic amines) is 1. The van der Waals surface area contributed by atoms with Crippen LogP contribution in [0, 0.1) is 23.7 Å². The van der Waals surface area contributed by atoms with Crippen LogP contribution in [0.3, 0.4) is 0 Å². The van der Waals surface area contributed by atoms with Crippen molar-refractivity contribution in [2.75, 3.05) is 18.6 Å². The molecule has 3 aromatic carbocycles. The van der Waals surface area contributed by atoms with Crippen molar-refractivity contribution in [2.45, 2.75) is 31.1 Å². The summed E-state index contributed by atoms with van der Waals surface area (Å²) in [6.45, 7) is 2.13. The minimum atomic E-state index is -1.38. The zero-order chi connectivity index (χ0) is 30.9. The number of carbonyl (C=O) groups is 4. The van der Waals surface area contributed by atoms with Gasteiger partial charge in [0.1, 0.15) is 0 Å². The van der Waals surface area contributed by atoms with Crippen molar-refractivity contribution in [1.82, 2.24) is 4.90 Å². The molecule has 0 radical (unpaired) electrons. The highest BCUT2D eigenvalue weighted by atomic mass is 35.5. The fourth-order valence-electron chi connectivity index (χ4n) is 8.26. The molecule has 0 spiro atoms. The van der Waals surface area contributed by atoms with Gasteiger partial charge in [-0.15, -0.1) is 0 Å². The van der Waals surface area contributed by atoms with E-state index in [0.717, 1.165) is 5.57 Å². The predicted octanol–water partition coefficient (Wildman–Crippen LogP) is 5.24. The lowest BCUT2D eigenvalue weighted by Crippen LogP contribution is -2.53. The van der Waals surface area contributed by atoms with Gasteiger partial charge in [-0.2, -0.15) is 0 Å². The molecule has 6 atom stereocenters. The van der Waals surface area contributed by atoms with E-state index < -0.39 is 35.0 Å². The van der Waals surface area contributed by atoms with Gasteiger partial charge in [-0.3, -0.25) is 24.1 Å². The number of rotatable bonds is 5. The average Bonchev–Trinajstić information content (AvgIpc) is 3.39. The Morgan fingerprint density at radius 1 is 0.932 bits per heavy atom. The van der Waals surface area contributed by atoms with Crippen molar-refractivity contribution in [1.29, 1.82) is 0 Å². The first kappa shape index (κ1) is 28.3. The summed E-state index contributed by atoms with van der Waals surface area (Å²) >= 11 is 6.34. The number of hydrogen-bond donors (Lipinski definition) is 1. The first-order valence-electron chi connectivity index (χ1n) is 14.9. The summed E-state index contributed by atoms with van der Waals surface area (Å²) < 4.78 is 5.77. The third-order valence-corrected chi connectivity index (χ3v) is 10.2. The summed E-state index contributed by atoms with van der Waals surface area (Å²) in [4.78, 5) is 58.9. The van der Waals surface area contributed by atoms with Crippen LogP contribution in [0.2, 0.25) is 5.02 Å². The fourth-order valence-corrected chi connectivity index (χ4v) is 8.44. The number of nitrogens with zero attached hydrogens (tertiary/aromatic N) is 2. The van der Waals surface area contributed by atoms with Crippen LogP contribution < -0.4 is 9.64 Å². The van der Waals surface area contributed by atoms with Crippen molar-refractivity contribution in [3.05, 3.63) is 101 Å². The van der Waals surface area contributed by atoms with Crippen LogP contribution in [-0.4, -0.2) is 47.3 Å². The lowest BCUT2D eigenvalue weighted by molar-refractivity contribution is -0.138. The van der Waals surface area contributed by atoms with Gasteiger partial charge < -0.3 is 9.84 Å². The van der Waals surface area contributed by atoms with Gasteiger partial charge in [0.05, 0.1) is 35.5 Å². The van der Waals surface area contributed by atoms with Gasteiger partial charge in [-0.25, -0.2) is 4.90 Å². The second kappa shape index (κ2) is 10.3. The number of imide groups is 2. The molecule has 9 heteroatoms. The average molecular weight is 611 g/mol.